The molecule has 0 fully saturated rings. The molecule has 0 radical (unpaired) electrons. The summed E-state index contributed by atoms with van der Waals surface area (Å²) in [4.78, 5) is 8.66. The van der Waals surface area contributed by atoms with E-state index in [2.05, 4.69) is 20.5 Å². The number of para-hydroxylation sites is 2. The van der Waals surface area contributed by atoms with Crippen LogP contribution in [0.15, 0.2) is 53.8 Å². The Bertz CT molecular complexity index is 820. The summed E-state index contributed by atoms with van der Waals surface area (Å²) < 4.78 is 0. The number of phenols is 1. The number of aromatic nitrogens is 2. The molecule has 1 heterocycles. The first-order chi connectivity index (χ1) is 10.2. The van der Waals surface area contributed by atoms with Crippen LogP contribution < -0.4 is 5.43 Å². The van der Waals surface area contributed by atoms with Crippen LogP contribution in [0.3, 0.4) is 0 Å². The molecule has 5 nitrogen and oxygen atoms in total. The Morgan fingerprint density at radius 2 is 1.95 bits per heavy atom. The molecule has 0 amide bonds. The van der Waals surface area contributed by atoms with Gasteiger partial charge < -0.3 is 5.11 Å². The van der Waals surface area contributed by atoms with Crippen molar-refractivity contribution in [1.29, 1.82) is 0 Å². The van der Waals surface area contributed by atoms with Crippen molar-refractivity contribution in [2.24, 2.45) is 5.10 Å². The van der Waals surface area contributed by atoms with Gasteiger partial charge in [0.05, 0.1) is 28.5 Å². The molecular formula is C15H11ClN4O. The van der Waals surface area contributed by atoms with Crippen molar-refractivity contribution >= 4 is 34.7 Å². The number of aromatic hydroxyl groups is 1. The number of hydrazone groups is 1. The SMILES string of the molecule is Oc1ccc(/C=N/Nc2cnc3ccccc3n2)cc1Cl. The summed E-state index contributed by atoms with van der Waals surface area (Å²) in [7, 11) is 0. The molecule has 0 saturated carbocycles. The minimum atomic E-state index is 0.0437. The highest BCUT2D eigenvalue weighted by Crippen LogP contribution is 2.22. The molecule has 104 valence electrons. The quantitative estimate of drug-likeness (QED) is 0.574. The molecule has 0 aliphatic rings. The average Bonchev–Trinajstić information content (AvgIpc) is 2.51. The summed E-state index contributed by atoms with van der Waals surface area (Å²) in [6.45, 7) is 0. The fourth-order valence-electron chi connectivity index (χ4n) is 1.79. The lowest BCUT2D eigenvalue weighted by Gasteiger charge is -2.01. The Morgan fingerprint density at radius 1 is 1.14 bits per heavy atom. The van der Waals surface area contributed by atoms with E-state index in [1.165, 1.54) is 6.07 Å². The van der Waals surface area contributed by atoms with Crippen molar-refractivity contribution in [3.05, 3.63) is 59.2 Å². The van der Waals surface area contributed by atoms with E-state index in [9.17, 15) is 5.11 Å². The number of halogens is 1. The summed E-state index contributed by atoms with van der Waals surface area (Å²) in [6, 6.07) is 12.4. The third kappa shape index (κ3) is 3.09. The minimum absolute atomic E-state index is 0.0437. The smallest absolute Gasteiger partial charge is 0.165 e. The molecule has 0 unspecified atom stereocenters. The number of phenolic OH excluding ortho intramolecular Hbond substituents is 1. The number of rotatable bonds is 3. The molecular weight excluding hydrogens is 288 g/mol. The van der Waals surface area contributed by atoms with Crippen LogP contribution in [0.4, 0.5) is 5.82 Å². The summed E-state index contributed by atoms with van der Waals surface area (Å²) in [5, 5.41) is 13.7. The first kappa shape index (κ1) is 13.3. The second-order valence-corrected chi connectivity index (χ2v) is 4.73. The summed E-state index contributed by atoms with van der Waals surface area (Å²) >= 11 is 5.82. The first-order valence-corrected chi connectivity index (χ1v) is 6.59. The average molecular weight is 299 g/mol. The summed E-state index contributed by atoms with van der Waals surface area (Å²) in [5.41, 5.74) is 5.20. The van der Waals surface area contributed by atoms with E-state index in [1.54, 1.807) is 24.5 Å². The highest BCUT2D eigenvalue weighted by molar-refractivity contribution is 6.32. The zero-order valence-electron chi connectivity index (χ0n) is 10.9. The Hall–Kier alpha value is -2.66. The monoisotopic (exact) mass is 298 g/mol. The molecule has 6 heteroatoms. The van der Waals surface area contributed by atoms with Gasteiger partial charge in [0.2, 0.25) is 0 Å². The molecule has 0 bridgehead atoms. The molecule has 3 rings (SSSR count). The number of anilines is 1. The van der Waals surface area contributed by atoms with Crippen molar-refractivity contribution < 1.29 is 5.11 Å². The molecule has 0 saturated heterocycles. The van der Waals surface area contributed by atoms with Crippen molar-refractivity contribution in [3.63, 3.8) is 0 Å². The van der Waals surface area contributed by atoms with E-state index < -0.39 is 0 Å². The number of fused-ring (bicyclic) bond motifs is 1. The van der Waals surface area contributed by atoms with Gasteiger partial charge >= 0.3 is 0 Å². The molecule has 0 aliphatic heterocycles. The minimum Gasteiger partial charge on any atom is -0.506 e. The Balaban J connectivity index is 1.76. The fourth-order valence-corrected chi connectivity index (χ4v) is 1.98. The summed E-state index contributed by atoms with van der Waals surface area (Å²) in [6.07, 6.45) is 3.20. The maximum Gasteiger partial charge on any atom is 0.165 e. The lowest BCUT2D eigenvalue weighted by Crippen LogP contribution is -1.95. The van der Waals surface area contributed by atoms with Crippen LogP contribution in [0, 0.1) is 0 Å². The van der Waals surface area contributed by atoms with E-state index in [0.29, 0.717) is 5.82 Å². The second kappa shape index (κ2) is 5.76. The van der Waals surface area contributed by atoms with Gasteiger partial charge in [-0.25, -0.2) is 4.98 Å². The van der Waals surface area contributed by atoms with Crippen LogP contribution in [0.2, 0.25) is 5.02 Å². The molecule has 3 aromatic rings. The number of hydrogen-bond acceptors (Lipinski definition) is 5. The van der Waals surface area contributed by atoms with E-state index in [4.69, 9.17) is 11.6 Å². The van der Waals surface area contributed by atoms with Crippen molar-refractivity contribution in [3.8, 4) is 5.75 Å². The van der Waals surface area contributed by atoms with Crippen LogP contribution in [0.5, 0.6) is 5.75 Å². The lowest BCUT2D eigenvalue weighted by molar-refractivity contribution is 0.475. The van der Waals surface area contributed by atoms with E-state index >= 15 is 0 Å². The van der Waals surface area contributed by atoms with Gasteiger partial charge in [0.25, 0.3) is 0 Å². The molecule has 2 N–H and O–H groups in total. The van der Waals surface area contributed by atoms with Crippen molar-refractivity contribution in [1.82, 2.24) is 9.97 Å². The van der Waals surface area contributed by atoms with E-state index in [-0.39, 0.29) is 10.8 Å². The molecule has 0 aliphatic carbocycles. The number of hydrogen-bond donors (Lipinski definition) is 2. The van der Waals surface area contributed by atoms with Crippen molar-refractivity contribution in [2.75, 3.05) is 5.43 Å². The molecule has 0 spiro atoms. The van der Waals surface area contributed by atoms with E-state index in [1.807, 2.05) is 24.3 Å². The lowest BCUT2D eigenvalue weighted by atomic mass is 10.2. The van der Waals surface area contributed by atoms with Gasteiger partial charge in [0.1, 0.15) is 5.75 Å². The van der Waals surface area contributed by atoms with Gasteiger partial charge in [-0.2, -0.15) is 5.10 Å². The van der Waals surface area contributed by atoms with Crippen LogP contribution in [-0.2, 0) is 0 Å². The van der Waals surface area contributed by atoms with Gasteiger partial charge in [-0.15, -0.1) is 0 Å². The third-order valence-electron chi connectivity index (χ3n) is 2.81. The van der Waals surface area contributed by atoms with E-state index in [0.717, 1.165) is 16.6 Å². The molecule has 0 atom stereocenters. The maximum absolute atomic E-state index is 9.34. The van der Waals surface area contributed by atoms with Gasteiger partial charge in [0.15, 0.2) is 5.82 Å². The molecule has 21 heavy (non-hydrogen) atoms. The zero-order chi connectivity index (χ0) is 14.7. The highest BCUT2D eigenvalue weighted by atomic mass is 35.5. The fraction of sp³-hybridized carbons (Fsp3) is 0. The summed E-state index contributed by atoms with van der Waals surface area (Å²) in [5.74, 6) is 0.594. The Kier molecular flexibility index (Phi) is 3.66. The Labute approximate surface area is 125 Å². The number of nitrogens with one attached hydrogen (secondary N) is 1. The topological polar surface area (TPSA) is 70.4 Å². The predicted octanol–water partition coefficient (Wildman–Crippen LogP) is 3.43. The Morgan fingerprint density at radius 3 is 2.76 bits per heavy atom. The van der Waals surface area contributed by atoms with Crippen LogP contribution in [-0.4, -0.2) is 21.3 Å². The molecule has 1 aromatic heterocycles. The first-order valence-electron chi connectivity index (χ1n) is 6.22. The van der Waals surface area contributed by atoms with Crippen LogP contribution in [0.1, 0.15) is 5.56 Å². The van der Waals surface area contributed by atoms with Crippen LogP contribution in [0.25, 0.3) is 11.0 Å². The third-order valence-corrected chi connectivity index (χ3v) is 3.12. The van der Waals surface area contributed by atoms with Gasteiger partial charge in [-0.1, -0.05) is 23.7 Å². The maximum atomic E-state index is 9.34. The second-order valence-electron chi connectivity index (χ2n) is 4.32. The standard InChI is InChI=1S/C15H11ClN4O/c16-11-7-10(5-6-14(11)21)8-18-20-15-9-17-12-3-1-2-4-13(12)19-15/h1-9,21H,(H,19,20)/b18-8+. The highest BCUT2D eigenvalue weighted by Gasteiger charge is 1.99. The van der Waals surface area contributed by atoms with Gasteiger partial charge in [0, 0.05) is 0 Å². The predicted molar refractivity (Wildman–Crippen MR) is 83.9 cm³/mol. The van der Waals surface area contributed by atoms with Gasteiger partial charge in [-0.05, 0) is 35.9 Å². The van der Waals surface area contributed by atoms with Gasteiger partial charge in [-0.3, -0.25) is 10.4 Å². The molecule has 2 aromatic carbocycles. The number of nitrogens with zero attached hydrogens (tertiary/aromatic N) is 3. The largest absolute Gasteiger partial charge is 0.506 e. The number of benzene rings is 2. The zero-order valence-corrected chi connectivity index (χ0v) is 11.6. The van der Waals surface area contributed by atoms with Crippen LogP contribution >= 0.6 is 11.6 Å². The van der Waals surface area contributed by atoms with Crippen molar-refractivity contribution in [2.45, 2.75) is 0 Å². The normalized spacial score (nSPS) is 11.1.